The molecule has 2 aromatic rings. The van der Waals surface area contributed by atoms with Crippen molar-refractivity contribution in [3.63, 3.8) is 0 Å². The predicted octanol–water partition coefficient (Wildman–Crippen LogP) is 3.34. The molecule has 1 saturated heterocycles. The largest absolute Gasteiger partial charge is 0.445 e. The molecule has 1 aliphatic rings. The number of ketones is 1. The summed E-state index contributed by atoms with van der Waals surface area (Å²) < 4.78 is 44.4. The Labute approximate surface area is 202 Å². The van der Waals surface area contributed by atoms with Gasteiger partial charge in [-0.3, -0.25) is 14.7 Å². The summed E-state index contributed by atoms with van der Waals surface area (Å²) in [5.41, 5.74) is -0.392. The first-order valence-electron chi connectivity index (χ1n) is 10.9. The third-order valence-electron chi connectivity index (χ3n) is 5.25. The average Bonchev–Trinajstić information content (AvgIpc) is 3.50. The maximum Gasteiger partial charge on any atom is 0.445 e. The number of nitrogens with zero attached hydrogens (tertiary/aromatic N) is 4. The van der Waals surface area contributed by atoms with Gasteiger partial charge in [-0.05, 0) is 11.8 Å². The van der Waals surface area contributed by atoms with Crippen molar-refractivity contribution >= 4 is 40.1 Å². The summed E-state index contributed by atoms with van der Waals surface area (Å²) in [6.07, 6.45) is -3.35. The first-order valence-corrected chi connectivity index (χ1v) is 11.7. The highest BCUT2D eigenvalue weighted by Crippen LogP contribution is 2.41. The summed E-state index contributed by atoms with van der Waals surface area (Å²) in [6.45, 7) is 5.92. The lowest BCUT2D eigenvalue weighted by molar-refractivity contribution is -0.138. The van der Waals surface area contributed by atoms with Crippen LogP contribution < -0.4 is 15.5 Å². The molecule has 1 unspecified atom stereocenters. The van der Waals surface area contributed by atoms with E-state index in [2.05, 4.69) is 31.0 Å². The summed E-state index contributed by atoms with van der Waals surface area (Å²) in [7, 11) is 0. The minimum Gasteiger partial charge on any atom is -0.425 e. The van der Waals surface area contributed by atoms with Crippen molar-refractivity contribution in [3.05, 3.63) is 17.3 Å². The number of alkyl halides is 3. The van der Waals surface area contributed by atoms with E-state index in [-0.39, 0.29) is 23.9 Å². The highest BCUT2D eigenvalue weighted by atomic mass is 32.1. The van der Waals surface area contributed by atoms with Crippen LogP contribution in [0.3, 0.4) is 0 Å². The van der Waals surface area contributed by atoms with Gasteiger partial charge < -0.3 is 20.3 Å². The Morgan fingerprint density at radius 3 is 2.69 bits per heavy atom. The summed E-state index contributed by atoms with van der Waals surface area (Å²) in [5.74, 6) is -1.58. The molecule has 1 fully saturated rings. The third-order valence-corrected chi connectivity index (χ3v) is 6.25. The number of aromatic amines is 1. The van der Waals surface area contributed by atoms with Crippen LogP contribution >= 0.6 is 11.3 Å². The molecule has 0 saturated carbocycles. The number of unbranched alkanes of at least 4 members (excludes halogenated alkanes) is 1. The molecule has 3 N–H and O–H groups in total. The number of anilines is 2. The number of H-pyrrole nitrogens is 1. The summed E-state index contributed by atoms with van der Waals surface area (Å²) in [5, 5.41) is 16.7. The molecule has 35 heavy (non-hydrogen) atoms. The Hall–Kier alpha value is -3.23. The molecule has 11 nitrogen and oxygen atoms in total. The Bertz CT molecular complexity index is 1040. The first kappa shape index (κ1) is 26.4. The number of hydrogen-bond donors (Lipinski definition) is 3. The highest BCUT2D eigenvalue weighted by Gasteiger charge is 2.43. The number of alkyl carbamates (subject to hydrolysis) is 1. The standard InChI is InChI=1S/C20H26F3N7O4S/c1-4-5-6-11(14(31)15(32)26-12-7-8-24-27-12)25-18(33)34-13-9-19(2,3)10-30(13)17-29-28-16(35-17)20(21,22)23/h7-8,11,13H,4-6,9-10H2,1-3H3,(H,25,33)(H2,24,26,27,32)/t11-,13?/m0/s1. The third kappa shape index (κ3) is 6.90. The molecule has 192 valence electrons. The van der Waals surface area contributed by atoms with Crippen molar-refractivity contribution < 1.29 is 32.3 Å². The fraction of sp³-hybridized carbons (Fsp3) is 0.600. The van der Waals surface area contributed by atoms with Crippen LogP contribution in [0.5, 0.6) is 0 Å². The average molecular weight is 518 g/mol. The van der Waals surface area contributed by atoms with Gasteiger partial charge in [-0.2, -0.15) is 18.3 Å². The van der Waals surface area contributed by atoms with E-state index in [0.29, 0.717) is 30.6 Å². The Balaban J connectivity index is 1.69. The number of aromatic nitrogens is 4. The fourth-order valence-electron chi connectivity index (χ4n) is 3.60. The predicted molar refractivity (Wildman–Crippen MR) is 120 cm³/mol. The highest BCUT2D eigenvalue weighted by molar-refractivity contribution is 7.15. The van der Waals surface area contributed by atoms with Gasteiger partial charge in [0.1, 0.15) is 11.9 Å². The molecule has 2 atom stereocenters. The summed E-state index contributed by atoms with van der Waals surface area (Å²) in [6, 6.07) is 0.314. The molecule has 0 spiro atoms. The van der Waals surface area contributed by atoms with E-state index in [1.54, 1.807) is 0 Å². The molecule has 2 amide bonds. The molecule has 3 rings (SSSR count). The van der Waals surface area contributed by atoms with Crippen molar-refractivity contribution in [1.82, 2.24) is 25.7 Å². The Morgan fingerprint density at radius 1 is 1.34 bits per heavy atom. The van der Waals surface area contributed by atoms with E-state index >= 15 is 0 Å². The van der Waals surface area contributed by atoms with Gasteiger partial charge in [0.05, 0.1) is 6.20 Å². The van der Waals surface area contributed by atoms with Crippen molar-refractivity contribution in [1.29, 1.82) is 0 Å². The Morgan fingerprint density at radius 2 is 2.09 bits per heavy atom. The van der Waals surface area contributed by atoms with Crippen molar-refractivity contribution in [2.45, 2.75) is 64.9 Å². The van der Waals surface area contributed by atoms with Crippen LogP contribution in [0, 0.1) is 5.41 Å². The van der Waals surface area contributed by atoms with Crippen LogP contribution in [0.1, 0.15) is 51.5 Å². The van der Waals surface area contributed by atoms with E-state index in [9.17, 15) is 27.6 Å². The molecule has 2 aromatic heterocycles. The van der Waals surface area contributed by atoms with E-state index < -0.39 is 46.7 Å². The SMILES string of the molecule is CCCC[C@H](NC(=O)OC1CC(C)(C)CN1c1nnc(C(F)(F)F)s1)C(=O)C(=O)Nc1ccn[nH]1. The zero-order valence-electron chi connectivity index (χ0n) is 19.3. The van der Waals surface area contributed by atoms with E-state index in [1.807, 2.05) is 20.8 Å². The van der Waals surface area contributed by atoms with Crippen molar-refractivity contribution in [3.8, 4) is 0 Å². The van der Waals surface area contributed by atoms with Gasteiger partial charge in [-0.15, -0.1) is 10.2 Å². The number of hydrogen-bond acceptors (Lipinski definition) is 9. The van der Waals surface area contributed by atoms with Gasteiger partial charge in [-0.1, -0.05) is 44.9 Å². The number of carbonyl (C=O) groups excluding carboxylic acids is 3. The van der Waals surface area contributed by atoms with Gasteiger partial charge in [0, 0.05) is 19.0 Å². The number of halogens is 3. The maximum atomic E-state index is 13.0. The molecule has 0 bridgehead atoms. The van der Waals surface area contributed by atoms with Gasteiger partial charge in [-0.25, -0.2) is 4.79 Å². The minimum absolute atomic E-state index is 0.0294. The number of Topliss-reactive ketones (excluding diaryl/α,β-unsaturated/α-hetero) is 1. The second-order valence-corrected chi connectivity index (χ2v) is 9.83. The molecular formula is C20H26F3N7O4S. The minimum atomic E-state index is -4.64. The van der Waals surface area contributed by atoms with Crippen molar-refractivity contribution in [2.75, 3.05) is 16.8 Å². The molecule has 1 aliphatic heterocycles. The molecular weight excluding hydrogens is 491 g/mol. The van der Waals surface area contributed by atoms with Crippen LogP contribution in [0.2, 0.25) is 0 Å². The van der Waals surface area contributed by atoms with Gasteiger partial charge in [0.2, 0.25) is 15.9 Å². The van der Waals surface area contributed by atoms with E-state index in [0.717, 1.165) is 0 Å². The quantitative estimate of drug-likeness (QED) is 0.430. The zero-order chi connectivity index (χ0) is 25.8. The van der Waals surface area contributed by atoms with Crippen LogP contribution in [-0.2, 0) is 20.5 Å². The number of ether oxygens (including phenoxy) is 1. The second kappa shape index (κ2) is 10.6. The second-order valence-electron chi connectivity index (χ2n) is 8.87. The van der Waals surface area contributed by atoms with Crippen molar-refractivity contribution in [2.24, 2.45) is 5.41 Å². The molecule has 3 heterocycles. The lowest BCUT2D eigenvalue weighted by Crippen LogP contribution is -2.47. The summed E-state index contributed by atoms with van der Waals surface area (Å²) in [4.78, 5) is 39.2. The monoisotopic (exact) mass is 517 g/mol. The lowest BCUT2D eigenvalue weighted by Gasteiger charge is -2.24. The van der Waals surface area contributed by atoms with Crippen LogP contribution in [0.25, 0.3) is 0 Å². The number of carbonyl (C=O) groups is 3. The van der Waals surface area contributed by atoms with Gasteiger partial charge in [0.25, 0.3) is 5.91 Å². The molecule has 0 aliphatic carbocycles. The fourth-order valence-corrected chi connectivity index (χ4v) is 4.35. The first-order chi connectivity index (χ1) is 16.4. The van der Waals surface area contributed by atoms with Crippen LogP contribution in [0.15, 0.2) is 12.3 Å². The van der Waals surface area contributed by atoms with Crippen LogP contribution in [0.4, 0.5) is 28.9 Å². The molecule has 0 aromatic carbocycles. The normalized spacial score (nSPS) is 18.2. The maximum absolute atomic E-state index is 13.0. The number of nitrogens with one attached hydrogen (secondary N) is 3. The van der Waals surface area contributed by atoms with Gasteiger partial charge >= 0.3 is 12.3 Å². The van der Waals surface area contributed by atoms with E-state index in [1.165, 1.54) is 17.2 Å². The lowest BCUT2D eigenvalue weighted by atomic mass is 9.93. The molecule has 0 radical (unpaired) electrons. The topological polar surface area (TPSA) is 142 Å². The van der Waals surface area contributed by atoms with Crippen LogP contribution in [-0.4, -0.2) is 57.0 Å². The Kier molecular flexibility index (Phi) is 7.97. The summed E-state index contributed by atoms with van der Waals surface area (Å²) >= 11 is 0.356. The number of rotatable bonds is 9. The van der Waals surface area contributed by atoms with E-state index in [4.69, 9.17) is 4.74 Å². The zero-order valence-corrected chi connectivity index (χ0v) is 20.1. The molecule has 15 heteroatoms. The number of amides is 2. The van der Waals surface area contributed by atoms with Gasteiger partial charge in [0.15, 0.2) is 6.23 Å². The smallest absolute Gasteiger partial charge is 0.425 e.